The predicted molar refractivity (Wildman–Crippen MR) is 111 cm³/mol. The Morgan fingerprint density at radius 3 is 2.89 bits per heavy atom. The second kappa shape index (κ2) is 6.80. The maximum atomic E-state index is 12.9. The van der Waals surface area contributed by atoms with Gasteiger partial charge in [0.25, 0.3) is 5.91 Å². The first-order valence-electron chi connectivity index (χ1n) is 9.72. The number of anilines is 1. The second-order valence-corrected chi connectivity index (χ2v) is 7.62. The van der Waals surface area contributed by atoms with Gasteiger partial charge in [-0.1, -0.05) is 6.07 Å². The van der Waals surface area contributed by atoms with Gasteiger partial charge >= 0.3 is 0 Å². The van der Waals surface area contributed by atoms with Crippen molar-refractivity contribution in [3.63, 3.8) is 0 Å². The van der Waals surface area contributed by atoms with Crippen molar-refractivity contribution in [3.05, 3.63) is 60.0 Å². The highest BCUT2D eigenvalue weighted by molar-refractivity contribution is 6.08. The standard InChI is InChI=1S/C22H23N5O/c1-27-11-8-14(9-12-27)16-13-24-19-5-6-20(25-21(16)19)22(28)26-18-4-2-3-17-15(18)7-10-23-17/h2-7,10,13-14,23,25H,8-9,11-12H2,1H3,(H,26,28). The highest BCUT2D eigenvalue weighted by Crippen LogP contribution is 2.35. The van der Waals surface area contributed by atoms with Crippen LogP contribution in [0.4, 0.5) is 5.69 Å². The molecule has 0 radical (unpaired) electrons. The Bertz CT molecular complexity index is 1100. The van der Waals surface area contributed by atoms with E-state index in [4.69, 9.17) is 0 Å². The van der Waals surface area contributed by atoms with Crippen molar-refractivity contribution in [3.8, 4) is 11.4 Å². The van der Waals surface area contributed by atoms with Gasteiger partial charge < -0.3 is 20.2 Å². The Hall–Kier alpha value is -3.12. The topological polar surface area (TPSA) is 76.8 Å². The first-order chi connectivity index (χ1) is 13.7. The zero-order valence-electron chi connectivity index (χ0n) is 15.8. The molecular weight excluding hydrogens is 350 g/mol. The molecule has 0 saturated carbocycles. The van der Waals surface area contributed by atoms with Crippen molar-refractivity contribution in [1.82, 2.24) is 19.9 Å². The van der Waals surface area contributed by atoms with Crippen LogP contribution in [-0.2, 0) is 0 Å². The fourth-order valence-electron chi connectivity index (χ4n) is 4.16. The lowest BCUT2D eigenvalue weighted by Crippen LogP contribution is -2.29. The van der Waals surface area contributed by atoms with Gasteiger partial charge in [-0.15, -0.1) is 0 Å². The molecule has 0 unspecified atom stereocenters. The van der Waals surface area contributed by atoms with E-state index in [2.05, 4.69) is 32.2 Å². The van der Waals surface area contributed by atoms with E-state index in [1.165, 1.54) is 5.56 Å². The molecule has 0 spiro atoms. The summed E-state index contributed by atoms with van der Waals surface area (Å²) in [6.07, 6.45) is 6.09. The van der Waals surface area contributed by atoms with Gasteiger partial charge in [0.1, 0.15) is 5.69 Å². The van der Waals surface area contributed by atoms with Crippen molar-refractivity contribution in [1.29, 1.82) is 0 Å². The Labute approximate surface area is 163 Å². The van der Waals surface area contributed by atoms with E-state index < -0.39 is 0 Å². The largest absolute Gasteiger partial charge is 0.361 e. The lowest BCUT2D eigenvalue weighted by atomic mass is 9.89. The lowest BCUT2D eigenvalue weighted by molar-refractivity contribution is 0.102. The summed E-state index contributed by atoms with van der Waals surface area (Å²) in [5, 5.41) is 4.03. The third kappa shape index (κ3) is 2.96. The molecule has 5 rings (SSSR count). The number of nitrogens with zero attached hydrogens (tertiary/aromatic N) is 2. The van der Waals surface area contributed by atoms with E-state index in [1.54, 1.807) is 6.07 Å². The molecular formula is C22H23N5O. The highest BCUT2D eigenvalue weighted by Gasteiger charge is 2.24. The molecule has 6 heteroatoms. The number of likely N-dealkylation sites (tertiary alicyclic amines) is 1. The molecule has 1 amide bonds. The third-order valence-electron chi connectivity index (χ3n) is 5.80. The summed E-state index contributed by atoms with van der Waals surface area (Å²) in [7, 11) is 2.16. The number of piperidine rings is 1. The molecule has 0 bridgehead atoms. The predicted octanol–water partition coefficient (Wildman–Crippen LogP) is 4.06. The van der Waals surface area contributed by atoms with E-state index in [9.17, 15) is 4.79 Å². The molecule has 3 N–H and O–H groups in total. The molecule has 3 aliphatic heterocycles. The van der Waals surface area contributed by atoms with Gasteiger partial charge in [-0.3, -0.25) is 9.78 Å². The summed E-state index contributed by atoms with van der Waals surface area (Å²) in [5.74, 6) is 0.343. The number of hydrogen-bond acceptors (Lipinski definition) is 3. The third-order valence-corrected chi connectivity index (χ3v) is 5.80. The number of pyridine rings is 1. The van der Waals surface area contributed by atoms with Crippen LogP contribution in [0.2, 0.25) is 0 Å². The summed E-state index contributed by atoms with van der Waals surface area (Å²) in [6, 6.07) is 11.5. The number of aromatic nitrogens is 3. The van der Waals surface area contributed by atoms with Crippen molar-refractivity contribution >= 4 is 22.5 Å². The zero-order valence-corrected chi connectivity index (χ0v) is 15.8. The summed E-state index contributed by atoms with van der Waals surface area (Å²) >= 11 is 0. The smallest absolute Gasteiger partial charge is 0.272 e. The average molecular weight is 373 g/mol. The quantitative estimate of drug-likeness (QED) is 0.507. The fraction of sp³-hybridized carbons (Fsp3) is 0.273. The Morgan fingerprint density at radius 2 is 2.04 bits per heavy atom. The van der Waals surface area contributed by atoms with E-state index in [0.29, 0.717) is 11.6 Å². The molecule has 28 heavy (non-hydrogen) atoms. The van der Waals surface area contributed by atoms with E-state index in [-0.39, 0.29) is 5.91 Å². The number of nitrogens with one attached hydrogen (secondary N) is 3. The summed E-state index contributed by atoms with van der Waals surface area (Å²) in [6.45, 7) is 2.19. The molecule has 142 valence electrons. The van der Waals surface area contributed by atoms with Gasteiger partial charge in [0.05, 0.1) is 17.1 Å². The van der Waals surface area contributed by atoms with Crippen LogP contribution >= 0.6 is 0 Å². The monoisotopic (exact) mass is 373 g/mol. The van der Waals surface area contributed by atoms with Crippen LogP contribution in [0.25, 0.3) is 22.3 Å². The normalized spacial score (nSPS) is 16.0. The molecule has 1 aromatic carbocycles. The maximum absolute atomic E-state index is 12.9. The molecule has 1 aromatic heterocycles. The number of benzene rings is 1. The zero-order chi connectivity index (χ0) is 19.1. The Morgan fingerprint density at radius 1 is 1.18 bits per heavy atom. The maximum Gasteiger partial charge on any atom is 0.272 e. The van der Waals surface area contributed by atoms with Crippen LogP contribution < -0.4 is 5.32 Å². The van der Waals surface area contributed by atoms with Gasteiger partial charge in [-0.05, 0) is 74.8 Å². The van der Waals surface area contributed by atoms with Gasteiger partial charge in [-0.2, -0.15) is 0 Å². The second-order valence-electron chi connectivity index (χ2n) is 7.62. The van der Waals surface area contributed by atoms with Crippen molar-refractivity contribution < 1.29 is 4.79 Å². The molecule has 0 atom stereocenters. The number of H-pyrrole nitrogens is 2. The summed E-state index contributed by atoms with van der Waals surface area (Å²) < 4.78 is 0. The van der Waals surface area contributed by atoms with Gasteiger partial charge in [0, 0.05) is 23.3 Å². The molecule has 1 saturated heterocycles. The van der Waals surface area contributed by atoms with Crippen molar-refractivity contribution in [2.45, 2.75) is 18.8 Å². The number of aromatic amines is 2. The minimum atomic E-state index is -0.147. The van der Waals surface area contributed by atoms with E-state index in [0.717, 1.165) is 53.9 Å². The molecule has 2 aromatic rings. The fourth-order valence-corrected chi connectivity index (χ4v) is 4.16. The number of hydrogen-bond donors (Lipinski definition) is 3. The van der Waals surface area contributed by atoms with Crippen LogP contribution in [-0.4, -0.2) is 45.9 Å². The van der Waals surface area contributed by atoms with Crippen LogP contribution in [0.5, 0.6) is 0 Å². The van der Waals surface area contributed by atoms with Crippen LogP contribution in [0.15, 0.2) is 48.8 Å². The molecule has 3 aliphatic rings. The first kappa shape index (κ1) is 17.0. The Balaban J connectivity index is 1.44. The Kier molecular flexibility index (Phi) is 4.13. The van der Waals surface area contributed by atoms with Gasteiger partial charge in [0.2, 0.25) is 0 Å². The summed E-state index contributed by atoms with van der Waals surface area (Å²) in [5.41, 5.74) is 5.48. The highest BCUT2D eigenvalue weighted by atomic mass is 16.1. The van der Waals surface area contributed by atoms with Gasteiger partial charge in [-0.25, -0.2) is 0 Å². The first-order valence-corrected chi connectivity index (χ1v) is 9.72. The van der Waals surface area contributed by atoms with Crippen LogP contribution in [0.3, 0.4) is 0 Å². The minimum absolute atomic E-state index is 0.147. The summed E-state index contributed by atoms with van der Waals surface area (Å²) in [4.78, 5) is 26.3. The van der Waals surface area contributed by atoms with Crippen molar-refractivity contribution in [2.75, 3.05) is 25.5 Å². The minimum Gasteiger partial charge on any atom is -0.361 e. The number of carbonyl (C=O) groups excluding carboxylic acids is 1. The number of carbonyl (C=O) groups is 1. The molecule has 1 fully saturated rings. The SMILES string of the molecule is CN1CCC(c2cnc3ccc(C(=O)Nc4cccc5[nH]ccc45)[nH]c2-3)CC1. The number of fused-ring (bicyclic) bond motifs is 2. The number of rotatable bonds is 3. The van der Waals surface area contributed by atoms with E-state index in [1.807, 2.05) is 42.7 Å². The number of amides is 1. The van der Waals surface area contributed by atoms with Gasteiger partial charge in [0.15, 0.2) is 0 Å². The van der Waals surface area contributed by atoms with Crippen molar-refractivity contribution in [2.24, 2.45) is 0 Å². The lowest BCUT2D eigenvalue weighted by Gasteiger charge is -2.29. The van der Waals surface area contributed by atoms with Crippen LogP contribution in [0.1, 0.15) is 34.8 Å². The van der Waals surface area contributed by atoms with E-state index >= 15 is 0 Å². The van der Waals surface area contributed by atoms with Crippen LogP contribution in [0, 0.1) is 0 Å². The molecule has 6 nitrogen and oxygen atoms in total. The molecule has 0 aliphatic carbocycles. The average Bonchev–Trinajstić information content (AvgIpc) is 3.35. The molecule has 4 heterocycles.